The Morgan fingerprint density at radius 2 is 2.15 bits per heavy atom. The van der Waals surface area contributed by atoms with Gasteiger partial charge in [-0.25, -0.2) is 13.1 Å². The number of hydrogen-bond donors (Lipinski definition) is 2. The van der Waals surface area contributed by atoms with Gasteiger partial charge in [-0.05, 0) is 40.5 Å². The summed E-state index contributed by atoms with van der Waals surface area (Å²) >= 11 is 3.25. The second-order valence-electron chi connectivity index (χ2n) is 4.22. The first-order chi connectivity index (χ1) is 9.42. The molecule has 0 saturated carbocycles. The summed E-state index contributed by atoms with van der Waals surface area (Å²) in [5.74, 6) is 0.632. The van der Waals surface area contributed by atoms with Crippen molar-refractivity contribution in [1.82, 2.24) is 9.88 Å². The van der Waals surface area contributed by atoms with Crippen molar-refractivity contribution in [3.8, 4) is 0 Å². The Morgan fingerprint density at radius 3 is 2.70 bits per heavy atom. The molecule has 6 nitrogen and oxygen atoms in total. The molecule has 2 aromatic rings. The SMILES string of the molecule is Cc1cc(CNS(=O)(=O)c2ccc(CN)cc2Br)no1. The van der Waals surface area contributed by atoms with Crippen molar-refractivity contribution < 1.29 is 12.9 Å². The zero-order valence-electron chi connectivity index (χ0n) is 10.8. The number of nitrogens with two attached hydrogens (primary N) is 1. The molecule has 20 heavy (non-hydrogen) atoms. The van der Waals surface area contributed by atoms with E-state index in [1.807, 2.05) is 0 Å². The number of halogens is 1. The summed E-state index contributed by atoms with van der Waals surface area (Å²) < 4.78 is 32.2. The number of aromatic nitrogens is 1. The van der Waals surface area contributed by atoms with E-state index in [4.69, 9.17) is 10.3 Å². The van der Waals surface area contributed by atoms with Crippen LogP contribution in [0.25, 0.3) is 0 Å². The fourth-order valence-electron chi connectivity index (χ4n) is 1.64. The minimum Gasteiger partial charge on any atom is -0.361 e. The average molecular weight is 360 g/mol. The molecule has 3 N–H and O–H groups in total. The molecule has 108 valence electrons. The van der Waals surface area contributed by atoms with Crippen molar-refractivity contribution in [3.63, 3.8) is 0 Å². The van der Waals surface area contributed by atoms with Crippen molar-refractivity contribution in [2.75, 3.05) is 0 Å². The number of benzene rings is 1. The Bertz CT molecular complexity index is 712. The van der Waals surface area contributed by atoms with Crippen LogP contribution in [0.3, 0.4) is 0 Å². The third-order valence-corrected chi connectivity index (χ3v) is 5.02. The number of hydrogen-bond acceptors (Lipinski definition) is 5. The van der Waals surface area contributed by atoms with Gasteiger partial charge in [-0.1, -0.05) is 11.2 Å². The molecule has 0 saturated heterocycles. The fraction of sp³-hybridized carbons (Fsp3) is 0.250. The molecule has 0 radical (unpaired) electrons. The third-order valence-electron chi connectivity index (χ3n) is 2.64. The molecule has 8 heteroatoms. The molecule has 0 fully saturated rings. The monoisotopic (exact) mass is 359 g/mol. The minimum atomic E-state index is -3.62. The number of rotatable bonds is 5. The van der Waals surface area contributed by atoms with Crippen LogP contribution in [0, 0.1) is 6.92 Å². The maximum atomic E-state index is 12.2. The van der Waals surface area contributed by atoms with Gasteiger partial charge in [-0.2, -0.15) is 0 Å². The predicted octanol–water partition coefficient (Wildman–Crippen LogP) is 1.68. The van der Waals surface area contributed by atoms with E-state index in [0.29, 0.717) is 22.5 Å². The molecule has 1 aromatic carbocycles. The number of aryl methyl sites for hydroxylation is 1. The topological polar surface area (TPSA) is 98.2 Å². The molecular weight excluding hydrogens is 346 g/mol. The van der Waals surface area contributed by atoms with E-state index in [2.05, 4.69) is 25.8 Å². The molecule has 2 rings (SSSR count). The predicted molar refractivity (Wildman–Crippen MR) is 77.3 cm³/mol. The summed E-state index contributed by atoms with van der Waals surface area (Å²) in [7, 11) is -3.62. The molecule has 0 aliphatic heterocycles. The Labute approximate surface area is 125 Å². The molecule has 1 heterocycles. The van der Waals surface area contributed by atoms with Crippen molar-refractivity contribution in [1.29, 1.82) is 0 Å². The van der Waals surface area contributed by atoms with E-state index in [1.54, 1.807) is 25.1 Å². The second kappa shape index (κ2) is 6.04. The molecule has 0 aliphatic carbocycles. The fourth-order valence-corrected chi connectivity index (χ4v) is 3.76. The highest BCUT2D eigenvalue weighted by Crippen LogP contribution is 2.23. The zero-order chi connectivity index (χ0) is 14.8. The van der Waals surface area contributed by atoms with Crippen molar-refractivity contribution >= 4 is 26.0 Å². The average Bonchev–Trinajstić information content (AvgIpc) is 2.82. The quantitative estimate of drug-likeness (QED) is 0.846. The number of sulfonamides is 1. The summed E-state index contributed by atoms with van der Waals surface area (Å²) in [4.78, 5) is 0.162. The summed E-state index contributed by atoms with van der Waals surface area (Å²) in [6.07, 6.45) is 0. The van der Waals surface area contributed by atoms with E-state index < -0.39 is 10.0 Å². The lowest BCUT2D eigenvalue weighted by Gasteiger charge is -2.08. The molecule has 0 aliphatic rings. The van der Waals surface area contributed by atoms with Gasteiger partial charge in [0.05, 0.1) is 17.1 Å². The van der Waals surface area contributed by atoms with Crippen LogP contribution in [0.5, 0.6) is 0 Å². The van der Waals surface area contributed by atoms with Crippen molar-refractivity contribution in [3.05, 3.63) is 45.8 Å². The normalized spacial score (nSPS) is 11.8. The highest BCUT2D eigenvalue weighted by Gasteiger charge is 2.18. The summed E-state index contributed by atoms with van der Waals surface area (Å²) in [5, 5.41) is 3.73. The second-order valence-corrected chi connectivity index (χ2v) is 6.81. The first-order valence-corrected chi connectivity index (χ1v) is 8.10. The molecular formula is C12H14BrN3O3S. The largest absolute Gasteiger partial charge is 0.361 e. The van der Waals surface area contributed by atoms with E-state index in [0.717, 1.165) is 5.56 Å². The highest BCUT2D eigenvalue weighted by molar-refractivity contribution is 9.10. The van der Waals surface area contributed by atoms with Gasteiger partial charge < -0.3 is 10.3 Å². The van der Waals surface area contributed by atoms with Crippen LogP contribution >= 0.6 is 15.9 Å². The summed E-state index contributed by atoms with van der Waals surface area (Å²) in [6.45, 7) is 2.17. The van der Waals surface area contributed by atoms with Crippen LogP contribution in [0.4, 0.5) is 0 Å². The van der Waals surface area contributed by atoms with E-state index in [-0.39, 0.29) is 11.4 Å². The van der Waals surface area contributed by atoms with Gasteiger partial charge in [0.15, 0.2) is 0 Å². The van der Waals surface area contributed by atoms with Crippen molar-refractivity contribution in [2.24, 2.45) is 5.73 Å². The van der Waals surface area contributed by atoms with E-state index >= 15 is 0 Å². The zero-order valence-corrected chi connectivity index (χ0v) is 13.2. The first-order valence-electron chi connectivity index (χ1n) is 5.83. The van der Waals surface area contributed by atoms with Crippen LogP contribution in [0.2, 0.25) is 0 Å². The molecule has 0 unspecified atom stereocenters. The Balaban J connectivity index is 2.18. The summed E-state index contributed by atoms with van der Waals surface area (Å²) in [6, 6.07) is 6.56. The summed E-state index contributed by atoms with van der Waals surface area (Å²) in [5.41, 5.74) is 6.89. The molecule has 1 aromatic heterocycles. The van der Waals surface area contributed by atoms with Crippen LogP contribution in [0.15, 0.2) is 38.2 Å². The van der Waals surface area contributed by atoms with Gasteiger partial charge >= 0.3 is 0 Å². The van der Waals surface area contributed by atoms with Crippen LogP contribution < -0.4 is 10.5 Å². The molecule has 0 amide bonds. The first kappa shape index (κ1) is 15.2. The Hall–Kier alpha value is -1.22. The van der Waals surface area contributed by atoms with Gasteiger partial charge in [0.2, 0.25) is 10.0 Å². The Morgan fingerprint density at radius 1 is 1.40 bits per heavy atom. The highest BCUT2D eigenvalue weighted by atomic mass is 79.9. The van der Waals surface area contributed by atoms with Gasteiger partial charge in [0, 0.05) is 17.1 Å². The van der Waals surface area contributed by atoms with Gasteiger partial charge in [0.1, 0.15) is 5.76 Å². The van der Waals surface area contributed by atoms with Gasteiger partial charge in [0.25, 0.3) is 0 Å². The minimum absolute atomic E-state index is 0.0742. The standard InChI is InChI=1S/C12H14BrN3O3S/c1-8-4-10(16-19-8)7-15-20(17,18)12-3-2-9(6-14)5-11(12)13/h2-5,15H,6-7,14H2,1H3. The van der Waals surface area contributed by atoms with Crippen LogP contribution in [-0.4, -0.2) is 13.6 Å². The van der Waals surface area contributed by atoms with E-state index in [9.17, 15) is 8.42 Å². The number of nitrogens with one attached hydrogen (secondary N) is 1. The molecule has 0 spiro atoms. The molecule has 0 bridgehead atoms. The van der Waals surface area contributed by atoms with E-state index in [1.165, 1.54) is 6.07 Å². The van der Waals surface area contributed by atoms with Crippen LogP contribution in [-0.2, 0) is 23.1 Å². The number of nitrogens with zero attached hydrogens (tertiary/aromatic N) is 1. The maximum Gasteiger partial charge on any atom is 0.242 e. The lowest BCUT2D eigenvalue weighted by molar-refractivity contribution is 0.390. The smallest absolute Gasteiger partial charge is 0.242 e. The van der Waals surface area contributed by atoms with Crippen LogP contribution in [0.1, 0.15) is 17.0 Å². The maximum absolute atomic E-state index is 12.2. The van der Waals surface area contributed by atoms with Gasteiger partial charge in [-0.3, -0.25) is 0 Å². The Kier molecular flexibility index (Phi) is 4.59. The lowest BCUT2D eigenvalue weighted by Crippen LogP contribution is -2.23. The molecule has 0 atom stereocenters. The van der Waals surface area contributed by atoms with Crippen molar-refractivity contribution in [2.45, 2.75) is 24.9 Å². The van der Waals surface area contributed by atoms with Gasteiger partial charge in [-0.15, -0.1) is 0 Å². The third kappa shape index (κ3) is 3.45. The lowest BCUT2D eigenvalue weighted by atomic mass is 10.2.